The summed E-state index contributed by atoms with van der Waals surface area (Å²) < 4.78 is 1.24. The summed E-state index contributed by atoms with van der Waals surface area (Å²) in [6, 6.07) is 2.21. The van der Waals surface area contributed by atoms with E-state index in [9.17, 15) is 24.8 Å². The Bertz CT molecular complexity index is 1310. The van der Waals surface area contributed by atoms with Crippen molar-refractivity contribution in [3.05, 3.63) is 43.1 Å². The molecule has 8 nitrogen and oxygen atoms in total. The molecule has 0 aromatic carbocycles. The summed E-state index contributed by atoms with van der Waals surface area (Å²) in [5.74, 6) is -1.39. The molecule has 31 heavy (non-hydrogen) atoms. The number of aromatic nitrogens is 2. The first kappa shape index (κ1) is 21.2. The molecule has 3 aromatic heterocycles. The van der Waals surface area contributed by atoms with Crippen molar-refractivity contribution in [3.8, 4) is 6.07 Å². The zero-order valence-corrected chi connectivity index (χ0v) is 18.7. The smallest absolute Gasteiger partial charge is 0.337 e. The van der Waals surface area contributed by atoms with Crippen LogP contribution in [0.1, 0.15) is 64.8 Å². The van der Waals surface area contributed by atoms with Gasteiger partial charge in [0.25, 0.3) is 5.56 Å². The standard InChI is InChI=1S/C21H20N4O4S2/c1-10(2)17-24-19-16(13(9-30-19)21(28)29)20(27)25(17)8-15(26)23-18-12(7-22)11-5-3-4-6-14(11)31-18/h9-10H,3-6,8H2,1-2H3,(H,23,26)(H,28,29). The maximum absolute atomic E-state index is 13.1. The van der Waals surface area contributed by atoms with Crippen molar-refractivity contribution in [2.24, 2.45) is 0 Å². The zero-order valence-electron chi connectivity index (χ0n) is 17.0. The van der Waals surface area contributed by atoms with Gasteiger partial charge in [0.2, 0.25) is 5.91 Å². The average Bonchev–Trinajstić information content (AvgIpc) is 3.30. The van der Waals surface area contributed by atoms with Crippen LogP contribution in [0.4, 0.5) is 5.00 Å². The number of amides is 1. The van der Waals surface area contributed by atoms with Gasteiger partial charge in [0, 0.05) is 16.2 Å². The predicted octanol–water partition coefficient (Wildman–Crippen LogP) is 3.73. The molecule has 2 N–H and O–H groups in total. The molecule has 0 unspecified atom stereocenters. The molecule has 3 aromatic rings. The minimum absolute atomic E-state index is 0.0130. The fraction of sp³-hybridized carbons (Fsp3) is 0.381. The number of aromatic carboxylic acids is 1. The minimum atomic E-state index is -1.21. The van der Waals surface area contributed by atoms with Crippen LogP contribution < -0.4 is 10.9 Å². The highest BCUT2D eigenvalue weighted by molar-refractivity contribution is 7.17. The first-order valence-corrected chi connectivity index (χ1v) is 11.6. The van der Waals surface area contributed by atoms with E-state index in [1.165, 1.54) is 21.3 Å². The Kier molecular flexibility index (Phi) is 5.64. The summed E-state index contributed by atoms with van der Waals surface area (Å²) in [5, 5.41) is 23.7. The van der Waals surface area contributed by atoms with E-state index < -0.39 is 17.4 Å². The van der Waals surface area contributed by atoms with E-state index in [1.54, 1.807) is 0 Å². The molecule has 1 amide bonds. The van der Waals surface area contributed by atoms with Crippen molar-refractivity contribution in [2.75, 3.05) is 5.32 Å². The molecular weight excluding hydrogens is 436 g/mol. The summed E-state index contributed by atoms with van der Waals surface area (Å²) >= 11 is 2.52. The predicted molar refractivity (Wildman–Crippen MR) is 119 cm³/mol. The van der Waals surface area contributed by atoms with Crippen LogP contribution >= 0.6 is 22.7 Å². The fourth-order valence-electron chi connectivity index (χ4n) is 3.87. The SMILES string of the molecule is CC(C)c1nc2scc(C(=O)O)c2c(=O)n1CC(=O)Nc1sc2c(c1C#N)CCCC2. The summed E-state index contributed by atoms with van der Waals surface area (Å²) in [6.45, 7) is 3.40. The molecule has 160 valence electrons. The van der Waals surface area contributed by atoms with Gasteiger partial charge in [-0.1, -0.05) is 13.8 Å². The van der Waals surface area contributed by atoms with Gasteiger partial charge in [0.05, 0.1) is 16.5 Å². The highest BCUT2D eigenvalue weighted by atomic mass is 32.1. The molecule has 0 bridgehead atoms. The number of carboxylic acids is 1. The van der Waals surface area contributed by atoms with Crippen LogP contribution in [0.5, 0.6) is 0 Å². The molecule has 0 spiro atoms. The van der Waals surface area contributed by atoms with Crippen molar-refractivity contribution < 1.29 is 14.7 Å². The second kappa shape index (κ2) is 8.24. The van der Waals surface area contributed by atoms with Gasteiger partial charge in [-0.25, -0.2) is 9.78 Å². The molecule has 0 atom stereocenters. The van der Waals surface area contributed by atoms with E-state index in [2.05, 4.69) is 16.4 Å². The molecule has 0 saturated carbocycles. The van der Waals surface area contributed by atoms with Crippen LogP contribution in [0.15, 0.2) is 10.2 Å². The van der Waals surface area contributed by atoms with Gasteiger partial charge in [-0.05, 0) is 31.2 Å². The van der Waals surface area contributed by atoms with E-state index in [-0.39, 0.29) is 23.4 Å². The number of carbonyl (C=O) groups is 2. The normalized spacial score (nSPS) is 13.2. The lowest BCUT2D eigenvalue weighted by atomic mass is 9.96. The van der Waals surface area contributed by atoms with Gasteiger partial charge in [-0.3, -0.25) is 14.2 Å². The van der Waals surface area contributed by atoms with Crippen molar-refractivity contribution in [2.45, 2.75) is 52.0 Å². The number of nitriles is 1. The number of rotatable bonds is 5. The third-order valence-electron chi connectivity index (χ3n) is 5.31. The molecule has 1 aliphatic rings. The highest BCUT2D eigenvalue weighted by Gasteiger charge is 2.24. The van der Waals surface area contributed by atoms with Crippen molar-refractivity contribution in [1.29, 1.82) is 5.26 Å². The van der Waals surface area contributed by atoms with Crippen LogP contribution in [0.2, 0.25) is 0 Å². The number of nitrogens with zero attached hydrogens (tertiary/aromatic N) is 3. The number of fused-ring (bicyclic) bond motifs is 2. The second-order valence-corrected chi connectivity index (χ2v) is 9.69. The molecular formula is C21H20N4O4S2. The summed E-state index contributed by atoms with van der Waals surface area (Å²) in [5.41, 5.74) is 0.860. The molecule has 4 rings (SSSR count). The second-order valence-electron chi connectivity index (χ2n) is 7.73. The molecule has 3 heterocycles. The summed E-state index contributed by atoms with van der Waals surface area (Å²) in [4.78, 5) is 43.5. The van der Waals surface area contributed by atoms with E-state index in [0.29, 0.717) is 21.2 Å². The lowest BCUT2D eigenvalue weighted by Crippen LogP contribution is -2.32. The minimum Gasteiger partial charge on any atom is -0.478 e. The van der Waals surface area contributed by atoms with Crippen LogP contribution in [-0.4, -0.2) is 26.5 Å². The Morgan fingerprint density at radius 1 is 1.35 bits per heavy atom. The van der Waals surface area contributed by atoms with Crippen LogP contribution in [0, 0.1) is 11.3 Å². The third-order valence-corrected chi connectivity index (χ3v) is 7.39. The summed E-state index contributed by atoms with van der Waals surface area (Å²) in [7, 11) is 0. The van der Waals surface area contributed by atoms with E-state index >= 15 is 0 Å². The Morgan fingerprint density at radius 2 is 2.10 bits per heavy atom. The van der Waals surface area contributed by atoms with E-state index in [0.717, 1.165) is 47.5 Å². The number of carbonyl (C=O) groups excluding carboxylic acids is 1. The number of hydrogen-bond acceptors (Lipinski definition) is 7. The van der Waals surface area contributed by atoms with E-state index in [4.69, 9.17) is 0 Å². The third kappa shape index (κ3) is 3.75. The van der Waals surface area contributed by atoms with Gasteiger partial charge >= 0.3 is 5.97 Å². The molecule has 0 saturated heterocycles. The number of anilines is 1. The quantitative estimate of drug-likeness (QED) is 0.603. The van der Waals surface area contributed by atoms with Crippen molar-refractivity contribution >= 4 is 49.8 Å². The Labute approximate surface area is 185 Å². The number of aryl methyl sites for hydroxylation is 1. The number of hydrogen-bond donors (Lipinski definition) is 2. The van der Waals surface area contributed by atoms with Gasteiger partial charge in [-0.15, -0.1) is 22.7 Å². The van der Waals surface area contributed by atoms with Crippen molar-refractivity contribution in [1.82, 2.24) is 9.55 Å². The Balaban J connectivity index is 1.71. The first-order chi connectivity index (χ1) is 14.8. The Morgan fingerprint density at radius 3 is 2.77 bits per heavy atom. The largest absolute Gasteiger partial charge is 0.478 e. The lowest BCUT2D eigenvalue weighted by molar-refractivity contribution is -0.116. The molecule has 0 aliphatic heterocycles. The number of thiophene rings is 2. The zero-order chi connectivity index (χ0) is 22.3. The van der Waals surface area contributed by atoms with Crippen LogP contribution in [-0.2, 0) is 24.2 Å². The van der Waals surface area contributed by atoms with Gasteiger partial charge in [0.15, 0.2) is 0 Å². The Hall–Kier alpha value is -3.03. The molecule has 1 aliphatic carbocycles. The fourth-order valence-corrected chi connectivity index (χ4v) is 6.04. The van der Waals surface area contributed by atoms with Gasteiger partial charge < -0.3 is 10.4 Å². The topological polar surface area (TPSA) is 125 Å². The molecule has 0 fully saturated rings. The molecule has 10 heteroatoms. The number of carboxylic acid groups (broad SMARTS) is 1. The van der Waals surface area contributed by atoms with Gasteiger partial charge in [0.1, 0.15) is 28.3 Å². The van der Waals surface area contributed by atoms with Crippen molar-refractivity contribution in [3.63, 3.8) is 0 Å². The maximum atomic E-state index is 13.1. The lowest BCUT2D eigenvalue weighted by Gasteiger charge is -2.14. The number of nitrogens with one attached hydrogen (secondary N) is 1. The highest BCUT2D eigenvalue weighted by Crippen LogP contribution is 2.37. The average molecular weight is 457 g/mol. The van der Waals surface area contributed by atoms with Crippen LogP contribution in [0.25, 0.3) is 10.2 Å². The monoisotopic (exact) mass is 456 g/mol. The van der Waals surface area contributed by atoms with Crippen LogP contribution in [0.3, 0.4) is 0 Å². The van der Waals surface area contributed by atoms with Gasteiger partial charge in [-0.2, -0.15) is 5.26 Å². The summed E-state index contributed by atoms with van der Waals surface area (Å²) in [6.07, 6.45) is 3.82. The molecule has 0 radical (unpaired) electrons. The maximum Gasteiger partial charge on any atom is 0.337 e. The first-order valence-electron chi connectivity index (χ1n) is 9.91. The van der Waals surface area contributed by atoms with E-state index in [1.807, 2.05) is 13.8 Å².